The molecule has 0 bridgehead atoms. The molecular weight excluding hydrogens is 200 g/mol. The van der Waals surface area contributed by atoms with Crippen molar-refractivity contribution in [3.63, 3.8) is 0 Å². The molecule has 2 heteroatoms. The Kier molecular flexibility index (Phi) is 2.81. The van der Waals surface area contributed by atoms with Gasteiger partial charge in [0.1, 0.15) is 5.60 Å². The predicted octanol–water partition coefficient (Wildman–Crippen LogP) is 3.04. The van der Waals surface area contributed by atoms with Gasteiger partial charge in [0.25, 0.3) is 0 Å². The van der Waals surface area contributed by atoms with Crippen LogP contribution in [0.15, 0.2) is 24.3 Å². The van der Waals surface area contributed by atoms with E-state index in [9.17, 15) is 0 Å². The Morgan fingerprint density at radius 3 is 2.06 bits per heavy atom. The topological polar surface area (TPSA) is 18.5 Å². The average Bonchev–Trinajstić information content (AvgIpc) is 2.24. The summed E-state index contributed by atoms with van der Waals surface area (Å²) >= 11 is 0. The smallest absolute Gasteiger partial charge is 0.114 e. The highest BCUT2D eigenvalue weighted by molar-refractivity contribution is 5.26. The molecule has 1 aliphatic heterocycles. The van der Waals surface area contributed by atoms with Gasteiger partial charge in [-0.15, -0.1) is 0 Å². The van der Waals surface area contributed by atoms with E-state index in [4.69, 9.17) is 9.47 Å². The normalized spacial score (nSPS) is 29.0. The Balaban J connectivity index is 2.18. The van der Waals surface area contributed by atoms with Crippen molar-refractivity contribution in [2.24, 2.45) is 0 Å². The SMILES string of the molecule is Cc1ccc(C2(C)COC(C)(C)CO2)cc1. The van der Waals surface area contributed by atoms with Crippen molar-refractivity contribution in [1.29, 1.82) is 0 Å². The lowest BCUT2D eigenvalue weighted by Gasteiger charge is -2.41. The summed E-state index contributed by atoms with van der Waals surface area (Å²) < 4.78 is 11.8. The highest BCUT2D eigenvalue weighted by atomic mass is 16.6. The molecule has 0 spiro atoms. The molecule has 1 heterocycles. The van der Waals surface area contributed by atoms with Crippen LogP contribution in [0.3, 0.4) is 0 Å². The highest BCUT2D eigenvalue weighted by Gasteiger charge is 2.37. The van der Waals surface area contributed by atoms with Crippen LogP contribution in [0.5, 0.6) is 0 Å². The van der Waals surface area contributed by atoms with Crippen LogP contribution < -0.4 is 0 Å². The molecule has 0 radical (unpaired) electrons. The maximum atomic E-state index is 5.98. The number of hydrogen-bond acceptors (Lipinski definition) is 2. The lowest BCUT2D eigenvalue weighted by Crippen LogP contribution is -2.47. The first-order valence-electron chi connectivity index (χ1n) is 5.76. The molecule has 1 aromatic rings. The van der Waals surface area contributed by atoms with Crippen molar-refractivity contribution in [2.45, 2.75) is 38.9 Å². The van der Waals surface area contributed by atoms with Crippen molar-refractivity contribution >= 4 is 0 Å². The van der Waals surface area contributed by atoms with Crippen LogP contribution in [0.2, 0.25) is 0 Å². The van der Waals surface area contributed by atoms with Gasteiger partial charge in [-0.2, -0.15) is 0 Å². The van der Waals surface area contributed by atoms with E-state index in [0.29, 0.717) is 13.2 Å². The van der Waals surface area contributed by atoms with Crippen LogP contribution in [-0.4, -0.2) is 18.8 Å². The van der Waals surface area contributed by atoms with Crippen LogP contribution in [0.4, 0.5) is 0 Å². The second kappa shape index (κ2) is 3.86. The largest absolute Gasteiger partial charge is 0.370 e. The zero-order valence-corrected chi connectivity index (χ0v) is 10.5. The van der Waals surface area contributed by atoms with E-state index in [1.165, 1.54) is 11.1 Å². The van der Waals surface area contributed by atoms with Crippen molar-refractivity contribution in [3.8, 4) is 0 Å². The third kappa shape index (κ3) is 2.28. The van der Waals surface area contributed by atoms with Crippen molar-refractivity contribution in [3.05, 3.63) is 35.4 Å². The number of rotatable bonds is 1. The van der Waals surface area contributed by atoms with E-state index in [1.54, 1.807) is 0 Å². The van der Waals surface area contributed by atoms with Crippen LogP contribution in [-0.2, 0) is 15.1 Å². The minimum absolute atomic E-state index is 0.162. The van der Waals surface area contributed by atoms with E-state index in [-0.39, 0.29) is 11.2 Å². The first kappa shape index (κ1) is 11.6. The Bertz CT molecular complexity index is 355. The molecule has 1 saturated heterocycles. The molecule has 0 amide bonds. The van der Waals surface area contributed by atoms with Crippen LogP contribution in [0.1, 0.15) is 31.9 Å². The summed E-state index contributed by atoms with van der Waals surface area (Å²) in [6, 6.07) is 8.47. The molecule has 1 aliphatic rings. The third-order valence-corrected chi connectivity index (χ3v) is 3.14. The minimum Gasteiger partial charge on any atom is -0.370 e. The molecule has 0 aromatic heterocycles. The van der Waals surface area contributed by atoms with E-state index in [0.717, 1.165) is 0 Å². The van der Waals surface area contributed by atoms with Gasteiger partial charge in [-0.3, -0.25) is 0 Å². The van der Waals surface area contributed by atoms with Gasteiger partial charge in [0, 0.05) is 0 Å². The molecule has 88 valence electrons. The van der Waals surface area contributed by atoms with Crippen LogP contribution in [0, 0.1) is 6.92 Å². The van der Waals surface area contributed by atoms with Gasteiger partial charge < -0.3 is 9.47 Å². The first-order chi connectivity index (χ1) is 7.41. The van der Waals surface area contributed by atoms with Crippen LogP contribution in [0.25, 0.3) is 0 Å². The molecule has 2 nitrogen and oxygen atoms in total. The Hall–Kier alpha value is -0.860. The fourth-order valence-electron chi connectivity index (χ4n) is 1.82. The van der Waals surface area contributed by atoms with Crippen LogP contribution >= 0.6 is 0 Å². The summed E-state index contributed by atoms with van der Waals surface area (Å²) in [7, 11) is 0. The first-order valence-corrected chi connectivity index (χ1v) is 5.76. The molecule has 0 saturated carbocycles. The third-order valence-electron chi connectivity index (χ3n) is 3.14. The monoisotopic (exact) mass is 220 g/mol. The van der Waals surface area contributed by atoms with E-state index >= 15 is 0 Å². The van der Waals surface area contributed by atoms with Gasteiger partial charge in [-0.05, 0) is 33.3 Å². The molecule has 1 atom stereocenters. The van der Waals surface area contributed by atoms with Gasteiger partial charge in [0.15, 0.2) is 0 Å². The minimum atomic E-state index is -0.302. The Morgan fingerprint density at radius 2 is 1.56 bits per heavy atom. The number of aryl methyl sites for hydroxylation is 1. The van der Waals surface area contributed by atoms with E-state index in [1.807, 2.05) is 0 Å². The van der Waals surface area contributed by atoms with Crippen molar-refractivity contribution < 1.29 is 9.47 Å². The van der Waals surface area contributed by atoms with E-state index in [2.05, 4.69) is 52.0 Å². The lowest BCUT2D eigenvalue weighted by molar-refractivity contribution is -0.221. The fourth-order valence-corrected chi connectivity index (χ4v) is 1.82. The summed E-state index contributed by atoms with van der Waals surface area (Å²) in [6.45, 7) is 9.55. The summed E-state index contributed by atoms with van der Waals surface area (Å²) in [5, 5.41) is 0. The number of ether oxygens (including phenoxy) is 2. The molecular formula is C14H20O2. The standard InChI is InChI=1S/C14H20O2/c1-11-5-7-12(8-6-11)14(4)10-15-13(2,3)9-16-14/h5-8H,9-10H2,1-4H3. The summed E-state index contributed by atoms with van der Waals surface area (Å²) in [5.41, 5.74) is 1.99. The van der Waals surface area contributed by atoms with Gasteiger partial charge in [-0.1, -0.05) is 29.8 Å². The summed E-state index contributed by atoms with van der Waals surface area (Å²) in [5.74, 6) is 0. The molecule has 1 unspecified atom stereocenters. The number of hydrogen-bond donors (Lipinski definition) is 0. The van der Waals surface area contributed by atoms with E-state index < -0.39 is 0 Å². The van der Waals surface area contributed by atoms with Gasteiger partial charge in [0.05, 0.1) is 18.8 Å². The number of benzene rings is 1. The molecule has 16 heavy (non-hydrogen) atoms. The fraction of sp³-hybridized carbons (Fsp3) is 0.571. The zero-order valence-electron chi connectivity index (χ0n) is 10.5. The lowest BCUT2D eigenvalue weighted by atomic mass is 9.93. The molecule has 2 rings (SSSR count). The summed E-state index contributed by atoms with van der Waals surface area (Å²) in [6.07, 6.45) is 0. The Labute approximate surface area is 97.6 Å². The Morgan fingerprint density at radius 1 is 0.938 bits per heavy atom. The molecule has 1 fully saturated rings. The average molecular weight is 220 g/mol. The van der Waals surface area contributed by atoms with Crippen molar-refractivity contribution in [1.82, 2.24) is 0 Å². The maximum absolute atomic E-state index is 5.98. The maximum Gasteiger partial charge on any atom is 0.114 e. The molecule has 0 aliphatic carbocycles. The molecule has 1 aromatic carbocycles. The summed E-state index contributed by atoms with van der Waals surface area (Å²) in [4.78, 5) is 0. The van der Waals surface area contributed by atoms with Gasteiger partial charge in [-0.25, -0.2) is 0 Å². The predicted molar refractivity (Wildman–Crippen MR) is 64.5 cm³/mol. The highest BCUT2D eigenvalue weighted by Crippen LogP contribution is 2.33. The molecule has 0 N–H and O–H groups in total. The quantitative estimate of drug-likeness (QED) is 0.724. The van der Waals surface area contributed by atoms with Gasteiger partial charge >= 0.3 is 0 Å². The van der Waals surface area contributed by atoms with Crippen molar-refractivity contribution in [2.75, 3.05) is 13.2 Å². The van der Waals surface area contributed by atoms with Gasteiger partial charge in [0.2, 0.25) is 0 Å². The zero-order chi connectivity index (χ0) is 11.8. The second-order valence-corrected chi connectivity index (χ2v) is 5.43. The second-order valence-electron chi connectivity index (χ2n) is 5.43.